The summed E-state index contributed by atoms with van der Waals surface area (Å²) in [5, 5.41) is 1.58. The van der Waals surface area contributed by atoms with Crippen LogP contribution in [-0.2, 0) is 14.8 Å². The summed E-state index contributed by atoms with van der Waals surface area (Å²) in [5.41, 5.74) is 1.45. The van der Waals surface area contributed by atoms with Crippen LogP contribution in [0, 0.1) is 0 Å². The van der Waals surface area contributed by atoms with Crippen molar-refractivity contribution in [2.24, 2.45) is 0 Å². The number of esters is 1. The van der Waals surface area contributed by atoms with Crippen molar-refractivity contribution in [1.29, 1.82) is 0 Å². The molecule has 0 spiro atoms. The van der Waals surface area contributed by atoms with Gasteiger partial charge in [-0.2, -0.15) is 0 Å². The molecular formula is C16H15NO4S2. The monoisotopic (exact) mass is 349 g/mol. The Bertz CT molecular complexity index is 868. The standard InChI is InChI=1S/C16H15NO4S2/c1-21-16(18)15-14(9-11-22-15)23(19,20)17-10-5-4-7-12-6-2-3-8-13(12)17/h2-4,6-9,11H,5,10H2,1H3. The predicted octanol–water partition coefficient (Wildman–Crippen LogP) is 3.15. The van der Waals surface area contributed by atoms with Gasteiger partial charge in [0, 0.05) is 6.54 Å². The number of sulfonamides is 1. The molecule has 7 heteroatoms. The van der Waals surface area contributed by atoms with Gasteiger partial charge in [0.25, 0.3) is 10.0 Å². The minimum absolute atomic E-state index is 0.00828. The Labute approximate surface area is 138 Å². The number of anilines is 1. The van der Waals surface area contributed by atoms with Crippen LogP contribution in [-0.4, -0.2) is 28.0 Å². The van der Waals surface area contributed by atoms with Crippen LogP contribution >= 0.6 is 11.3 Å². The summed E-state index contributed by atoms with van der Waals surface area (Å²) >= 11 is 1.06. The van der Waals surface area contributed by atoms with Gasteiger partial charge in [-0.3, -0.25) is 4.31 Å². The van der Waals surface area contributed by atoms with Crippen LogP contribution in [0.15, 0.2) is 46.7 Å². The highest BCUT2D eigenvalue weighted by Gasteiger charge is 2.31. The third-order valence-corrected chi connectivity index (χ3v) is 6.45. The van der Waals surface area contributed by atoms with Gasteiger partial charge in [-0.15, -0.1) is 11.3 Å². The molecule has 0 amide bonds. The van der Waals surface area contributed by atoms with Gasteiger partial charge in [-0.25, -0.2) is 13.2 Å². The largest absolute Gasteiger partial charge is 0.465 e. The van der Waals surface area contributed by atoms with Gasteiger partial charge in [-0.1, -0.05) is 30.4 Å². The Morgan fingerprint density at radius 1 is 1.26 bits per heavy atom. The molecular weight excluding hydrogens is 334 g/mol. The molecule has 0 fully saturated rings. The minimum atomic E-state index is -3.84. The number of para-hydroxylation sites is 1. The third-order valence-electron chi connectivity index (χ3n) is 3.57. The van der Waals surface area contributed by atoms with Crippen LogP contribution in [0.4, 0.5) is 5.69 Å². The molecule has 2 aromatic rings. The van der Waals surface area contributed by atoms with Crippen LogP contribution in [0.25, 0.3) is 6.08 Å². The third kappa shape index (κ3) is 2.77. The van der Waals surface area contributed by atoms with Crippen molar-refractivity contribution >= 4 is 39.1 Å². The summed E-state index contributed by atoms with van der Waals surface area (Å²) in [6.07, 6.45) is 4.47. The number of hydrogen-bond donors (Lipinski definition) is 0. The number of carbonyl (C=O) groups is 1. The first-order valence-corrected chi connectivity index (χ1v) is 9.32. The summed E-state index contributed by atoms with van der Waals surface area (Å²) in [4.78, 5) is 11.9. The average molecular weight is 349 g/mol. The molecule has 0 N–H and O–H groups in total. The highest BCUT2D eigenvalue weighted by atomic mass is 32.2. The summed E-state index contributed by atoms with van der Waals surface area (Å²) in [6, 6.07) is 8.76. The van der Waals surface area contributed by atoms with Crippen LogP contribution in [0.3, 0.4) is 0 Å². The molecule has 0 unspecified atom stereocenters. The van der Waals surface area contributed by atoms with Crippen molar-refractivity contribution < 1.29 is 17.9 Å². The maximum atomic E-state index is 13.1. The fourth-order valence-corrected chi connectivity index (χ4v) is 5.31. The summed E-state index contributed by atoms with van der Waals surface area (Å²) < 4.78 is 32.3. The summed E-state index contributed by atoms with van der Waals surface area (Å²) in [5.74, 6) is -0.639. The Hall–Kier alpha value is -2.12. The number of rotatable bonds is 3. The molecule has 0 aliphatic carbocycles. The number of fused-ring (bicyclic) bond motifs is 1. The van der Waals surface area contributed by atoms with Crippen LogP contribution in [0.2, 0.25) is 0 Å². The fourth-order valence-electron chi connectivity index (χ4n) is 2.49. The van der Waals surface area contributed by atoms with E-state index in [1.54, 1.807) is 17.5 Å². The second-order valence-corrected chi connectivity index (χ2v) is 7.68. The van der Waals surface area contributed by atoms with Crippen molar-refractivity contribution in [3.8, 4) is 0 Å². The van der Waals surface area contributed by atoms with E-state index in [1.165, 1.54) is 17.5 Å². The lowest BCUT2D eigenvalue weighted by atomic mass is 10.2. The van der Waals surface area contributed by atoms with E-state index in [-0.39, 0.29) is 9.77 Å². The van der Waals surface area contributed by atoms with Gasteiger partial charge in [0.15, 0.2) is 0 Å². The van der Waals surface area contributed by atoms with Crippen LogP contribution in [0.5, 0.6) is 0 Å². The van der Waals surface area contributed by atoms with Gasteiger partial charge < -0.3 is 4.74 Å². The van der Waals surface area contributed by atoms with Crippen molar-refractivity contribution in [3.63, 3.8) is 0 Å². The van der Waals surface area contributed by atoms with Crippen LogP contribution in [0.1, 0.15) is 21.7 Å². The zero-order valence-corrected chi connectivity index (χ0v) is 14.1. The average Bonchev–Trinajstić information content (AvgIpc) is 2.95. The summed E-state index contributed by atoms with van der Waals surface area (Å²) in [6.45, 7) is 0.326. The molecule has 1 aliphatic rings. The molecule has 0 saturated heterocycles. The Morgan fingerprint density at radius 3 is 2.83 bits per heavy atom. The van der Waals surface area contributed by atoms with Crippen molar-refractivity contribution in [3.05, 3.63) is 52.2 Å². The zero-order valence-electron chi connectivity index (χ0n) is 12.4. The first-order valence-electron chi connectivity index (χ1n) is 7.00. The molecule has 0 saturated carbocycles. The van der Waals surface area contributed by atoms with Crippen molar-refractivity contribution in [2.75, 3.05) is 18.0 Å². The smallest absolute Gasteiger partial charge is 0.349 e. The second kappa shape index (κ2) is 6.17. The van der Waals surface area contributed by atoms with Gasteiger partial charge in [0.05, 0.1) is 12.8 Å². The Balaban J connectivity index is 2.12. The second-order valence-electron chi connectivity index (χ2n) is 4.93. The van der Waals surface area contributed by atoms with E-state index in [0.717, 1.165) is 16.9 Å². The molecule has 3 rings (SSSR count). The number of thiophene rings is 1. The van der Waals surface area contributed by atoms with Crippen molar-refractivity contribution in [2.45, 2.75) is 11.3 Å². The predicted molar refractivity (Wildman–Crippen MR) is 90.3 cm³/mol. The molecule has 0 atom stereocenters. The van der Waals surface area contributed by atoms with Gasteiger partial charge in [0.1, 0.15) is 9.77 Å². The number of hydrogen-bond acceptors (Lipinski definition) is 5. The van der Waals surface area contributed by atoms with E-state index in [2.05, 4.69) is 4.74 Å². The quantitative estimate of drug-likeness (QED) is 0.799. The van der Waals surface area contributed by atoms with E-state index in [4.69, 9.17) is 0 Å². The first-order chi connectivity index (χ1) is 11.1. The molecule has 1 aromatic carbocycles. The molecule has 2 heterocycles. The number of carbonyl (C=O) groups excluding carboxylic acids is 1. The van der Waals surface area contributed by atoms with E-state index >= 15 is 0 Å². The lowest BCUT2D eigenvalue weighted by molar-refractivity contribution is 0.0602. The topological polar surface area (TPSA) is 63.7 Å². The molecule has 5 nitrogen and oxygen atoms in total. The number of benzene rings is 1. The highest BCUT2D eigenvalue weighted by molar-refractivity contribution is 7.93. The fraction of sp³-hybridized carbons (Fsp3) is 0.188. The van der Waals surface area contributed by atoms with E-state index in [0.29, 0.717) is 18.7 Å². The van der Waals surface area contributed by atoms with E-state index < -0.39 is 16.0 Å². The SMILES string of the molecule is COC(=O)c1sccc1S(=O)(=O)N1CCC=Cc2ccccc21. The van der Waals surface area contributed by atoms with Gasteiger partial charge >= 0.3 is 5.97 Å². The Morgan fingerprint density at radius 2 is 2.04 bits per heavy atom. The lowest BCUT2D eigenvalue weighted by Crippen LogP contribution is -2.32. The lowest BCUT2D eigenvalue weighted by Gasteiger charge is -2.24. The normalized spacial score (nSPS) is 14.2. The number of ether oxygens (including phenoxy) is 1. The zero-order chi connectivity index (χ0) is 16.4. The van der Waals surface area contributed by atoms with E-state index in [9.17, 15) is 13.2 Å². The number of methoxy groups -OCH3 is 1. The molecule has 1 aliphatic heterocycles. The minimum Gasteiger partial charge on any atom is -0.465 e. The molecule has 0 radical (unpaired) electrons. The number of nitrogens with zero attached hydrogens (tertiary/aromatic N) is 1. The summed E-state index contributed by atoms with van der Waals surface area (Å²) in [7, 11) is -2.60. The van der Waals surface area contributed by atoms with E-state index in [1.807, 2.05) is 24.3 Å². The van der Waals surface area contributed by atoms with Crippen molar-refractivity contribution in [1.82, 2.24) is 0 Å². The Kier molecular flexibility index (Phi) is 4.23. The van der Waals surface area contributed by atoms with Crippen LogP contribution < -0.4 is 4.31 Å². The molecule has 120 valence electrons. The molecule has 23 heavy (non-hydrogen) atoms. The molecule has 1 aromatic heterocycles. The molecule has 0 bridgehead atoms. The van der Waals surface area contributed by atoms with Gasteiger partial charge in [0.2, 0.25) is 0 Å². The maximum Gasteiger partial charge on any atom is 0.349 e. The van der Waals surface area contributed by atoms with Gasteiger partial charge in [-0.05, 0) is 29.5 Å². The highest BCUT2D eigenvalue weighted by Crippen LogP contribution is 2.33. The first kappa shape index (κ1) is 15.8. The maximum absolute atomic E-state index is 13.1.